The van der Waals surface area contributed by atoms with E-state index in [1.165, 1.54) is 0 Å². The lowest BCUT2D eigenvalue weighted by molar-refractivity contribution is 0.0163. The van der Waals surface area contributed by atoms with Gasteiger partial charge in [-0.1, -0.05) is 24.3 Å². The molecule has 2 aromatic heterocycles. The fourth-order valence-corrected chi connectivity index (χ4v) is 3.91. The number of carbonyl (C=O) groups excluding carboxylic acids is 1. The molecule has 1 aliphatic heterocycles. The Balaban J connectivity index is 1.67. The quantitative estimate of drug-likeness (QED) is 0.522. The van der Waals surface area contributed by atoms with Crippen molar-refractivity contribution in [3.63, 3.8) is 0 Å². The number of nitrogen functional groups attached to an aromatic ring is 1. The van der Waals surface area contributed by atoms with E-state index in [2.05, 4.69) is 0 Å². The van der Waals surface area contributed by atoms with Gasteiger partial charge in [-0.2, -0.15) is 0 Å². The molecule has 0 radical (unpaired) electrons. The zero-order chi connectivity index (χ0) is 20.7. The van der Waals surface area contributed by atoms with Crippen molar-refractivity contribution in [2.45, 2.75) is 25.9 Å². The number of hydrogen-bond donors (Lipinski definition) is 1. The van der Waals surface area contributed by atoms with Crippen LogP contribution in [0.15, 0.2) is 48.5 Å². The third kappa shape index (κ3) is 3.17. The smallest absolute Gasteiger partial charge is 0.344 e. The molecule has 0 bridgehead atoms. The van der Waals surface area contributed by atoms with Gasteiger partial charge >= 0.3 is 5.97 Å². The Morgan fingerprint density at radius 3 is 2.73 bits per heavy atom. The van der Waals surface area contributed by atoms with E-state index in [1.807, 2.05) is 55.5 Å². The molecule has 1 fully saturated rings. The summed E-state index contributed by atoms with van der Waals surface area (Å²) in [5.74, 6) is -0.243. The van der Waals surface area contributed by atoms with Crippen LogP contribution in [0.5, 0.6) is 0 Å². The number of anilines is 1. The van der Waals surface area contributed by atoms with Crippen LogP contribution in [0, 0.1) is 6.92 Å². The van der Waals surface area contributed by atoms with Crippen molar-refractivity contribution < 1.29 is 14.3 Å². The maximum atomic E-state index is 13.0. The second kappa shape index (κ2) is 7.42. The molecule has 0 saturated carbocycles. The van der Waals surface area contributed by atoms with Crippen LogP contribution in [0.3, 0.4) is 0 Å². The number of fused-ring (bicyclic) bond motifs is 2. The molecule has 1 atom stereocenters. The van der Waals surface area contributed by atoms with Crippen molar-refractivity contribution in [1.82, 2.24) is 14.5 Å². The minimum absolute atomic E-state index is 0.0628. The Labute approximate surface area is 173 Å². The van der Waals surface area contributed by atoms with E-state index in [1.54, 1.807) is 4.57 Å². The minimum Gasteiger partial charge on any atom is -0.459 e. The standard InChI is InChI=1S/C23H22N4O3/c1-14-6-4-7-15(12-14)27-21(24)19(23(28)30-13-16-8-5-11-29-16)20-22(27)26-18-10-3-2-9-17(18)25-20/h2-4,6-7,9-10,12,16H,5,8,11,13,24H2,1H3. The predicted octanol–water partition coefficient (Wildman–Crippen LogP) is 3.80. The van der Waals surface area contributed by atoms with Crippen LogP contribution in [-0.4, -0.2) is 39.8 Å². The molecule has 7 heteroatoms. The zero-order valence-electron chi connectivity index (χ0n) is 16.7. The summed E-state index contributed by atoms with van der Waals surface area (Å²) in [6.07, 6.45) is 1.81. The third-order valence-electron chi connectivity index (χ3n) is 5.39. The number of aromatic nitrogens is 3. The monoisotopic (exact) mass is 402 g/mol. The maximum Gasteiger partial charge on any atom is 0.344 e. The second-order valence-corrected chi connectivity index (χ2v) is 7.55. The number of nitrogens with two attached hydrogens (primary N) is 1. The Bertz CT molecular complexity index is 1260. The molecular formula is C23H22N4O3. The summed E-state index contributed by atoms with van der Waals surface area (Å²) in [5, 5.41) is 0. The minimum atomic E-state index is -0.510. The summed E-state index contributed by atoms with van der Waals surface area (Å²) < 4.78 is 12.9. The van der Waals surface area contributed by atoms with Gasteiger partial charge in [0.25, 0.3) is 0 Å². The van der Waals surface area contributed by atoms with Crippen LogP contribution in [-0.2, 0) is 9.47 Å². The highest BCUT2D eigenvalue weighted by Gasteiger charge is 2.27. The SMILES string of the molecule is Cc1cccc(-n2c(N)c(C(=O)OCC3CCCO3)c3nc4ccccc4nc32)c1. The lowest BCUT2D eigenvalue weighted by atomic mass is 10.2. The second-order valence-electron chi connectivity index (χ2n) is 7.55. The van der Waals surface area contributed by atoms with Gasteiger partial charge in [0.15, 0.2) is 5.65 Å². The molecule has 4 aromatic rings. The molecule has 0 spiro atoms. The number of aryl methyl sites for hydroxylation is 1. The van der Waals surface area contributed by atoms with Gasteiger partial charge in [-0.25, -0.2) is 14.8 Å². The van der Waals surface area contributed by atoms with Gasteiger partial charge in [-0.05, 0) is 49.6 Å². The fraction of sp³-hybridized carbons (Fsp3) is 0.261. The normalized spacial score (nSPS) is 16.4. The highest BCUT2D eigenvalue weighted by atomic mass is 16.6. The van der Waals surface area contributed by atoms with Crippen molar-refractivity contribution in [2.24, 2.45) is 0 Å². The number of rotatable bonds is 4. The molecule has 2 aromatic carbocycles. The van der Waals surface area contributed by atoms with Crippen molar-refractivity contribution in [2.75, 3.05) is 18.9 Å². The highest BCUT2D eigenvalue weighted by molar-refractivity contribution is 6.09. The molecule has 5 rings (SSSR count). The highest BCUT2D eigenvalue weighted by Crippen LogP contribution is 2.32. The number of carbonyl (C=O) groups is 1. The molecule has 1 aliphatic rings. The first-order valence-electron chi connectivity index (χ1n) is 10.0. The summed E-state index contributed by atoms with van der Waals surface area (Å²) >= 11 is 0. The summed E-state index contributed by atoms with van der Waals surface area (Å²) in [6.45, 7) is 2.91. The number of ether oxygens (including phenoxy) is 2. The predicted molar refractivity (Wildman–Crippen MR) is 115 cm³/mol. The van der Waals surface area contributed by atoms with Crippen molar-refractivity contribution in [3.8, 4) is 5.69 Å². The molecule has 0 aliphatic carbocycles. The third-order valence-corrected chi connectivity index (χ3v) is 5.39. The van der Waals surface area contributed by atoms with E-state index in [9.17, 15) is 4.79 Å². The van der Waals surface area contributed by atoms with Crippen LogP contribution < -0.4 is 5.73 Å². The van der Waals surface area contributed by atoms with E-state index in [0.29, 0.717) is 23.3 Å². The lowest BCUT2D eigenvalue weighted by Crippen LogP contribution is -2.18. The van der Waals surface area contributed by atoms with Crippen LogP contribution in [0.25, 0.3) is 27.9 Å². The van der Waals surface area contributed by atoms with Gasteiger partial charge in [0, 0.05) is 12.3 Å². The van der Waals surface area contributed by atoms with Crippen molar-refractivity contribution >= 4 is 34.0 Å². The van der Waals surface area contributed by atoms with Crippen LogP contribution >= 0.6 is 0 Å². The first-order chi connectivity index (χ1) is 14.6. The van der Waals surface area contributed by atoms with E-state index in [4.69, 9.17) is 25.2 Å². The Morgan fingerprint density at radius 2 is 2.00 bits per heavy atom. The Hall–Kier alpha value is -3.45. The molecule has 0 amide bonds. The van der Waals surface area contributed by atoms with Gasteiger partial charge in [0.05, 0.1) is 17.1 Å². The molecule has 1 unspecified atom stereocenters. The fourth-order valence-electron chi connectivity index (χ4n) is 3.91. The lowest BCUT2D eigenvalue weighted by Gasteiger charge is -2.11. The number of benzene rings is 2. The summed E-state index contributed by atoms with van der Waals surface area (Å²) in [4.78, 5) is 22.5. The molecule has 7 nitrogen and oxygen atoms in total. The molecule has 2 N–H and O–H groups in total. The van der Waals surface area contributed by atoms with Crippen LogP contribution in [0.1, 0.15) is 28.8 Å². The summed E-state index contributed by atoms with van der Waals surface area (Å²) in [5.41, 5.74) is 11.0. The number of hydrogen-bond acceptors (Lipinski definition) is 6. The molecular weight excluding hydrogens is 380 g/mol. The summed E-state index contributed by atoms with van der Waals surface area (Å²) in [6, 6.07) is 15.4. The van der Waals surface area contributed by atoms with Gasteiger partial charge in [-0.3, -0.25) is 4.57 Å². The maximum absolute atomic E-state index is 13.0. The van der Waals surface area contributed by atoms with E-state index in [-0.39, 0.29) is 24.1 Å². The van der Waals surface area contributed by atoms with E-state index in [0.717, 1.165) is 29.6 Å². The van der Waals surface area contributed by atoms with E-state index < -0.39 is 5.97 Å². The Kier molecular flexibility index (Phi) is 4.59. The number of esters is 1. The zero-order valence-corrected chi connectivity index (χ0v) is 16.7. The van der Waals surface area contributed by atoms with Gasteiger partial charge in [0.2, 0.25) is 0 Å². The van der Waals surface area contributed by atoms with Crippen LogP contribution in [0.4, 0.5) is 5.82 Å². The average molecular weight is 402 g/mol. The van der Waals surface area contributed by atoms with Crippen molar-refractivity contribution in [3.05, 3.63) is 59.7 Å². The Morgan fingerprint density at radius 1 is 1.20 bits per heavy atom. The molecule has 152 valence electrons. The number of nitrogens with zero attached hydrogens (tertiary/aromatic N) is 3. The van der Waals surface area contributed by atoms with Gasteiger partial charge in [0.1, 0.15) is 23.5 Å². The first kappa shape index (κ1) is 18.6. The average Bonchev–Trinajstić information content (AvgIpc) is 3.35. The largest absolute Gasteiger partial charge is 0.459 e. The van der Waals surface area contributed by atoms with Gasteiger partial charge < -0.3 is 15.2 Å². The van der Waals surface area contributed by atoms with Crippen LogP contribution in [0.2, 0.25) is 0 Å². The first-order valence-corrected chi connectivity index (χ1v) is 10.0. The molecule has 1 saturated heterocycles. The van der Waals surface area contributed by atoms with Gasteiger partial charge in [-0.15, -0.1) is 0 Å². The topological polar surface area (TPSA) is 92.3 Å². The van der Waals surface area contributed by atoms with Crippen molar-refractivity contribution in [1.29, 1.82) is 0 Å². The molecule has 3 heterocycles. The van der Waals surface area contributed by atoms with E-state index >= 15 is 0 Å². The summed E-state index contributed by atoms with van der Waals surface area (Å²) in [7, 11) is 0. The number of para-hydroxylation sites is 2. The molecule has 30 heavy (non-hydrogen) atoms.